The van der Waals surface area contributed by atoms with Crippen molar-refractivity contribution in [2.24, 2.45) is 0 Å². The van der Waals surface area contributed by atoms with E-state index in [1.807, 2.05) is 11.3 Å². The Balaban J connectivity index is 2.26. The van der Waals surface area contributed by atoms with Gasteiger partial charge in [-0.25, -0.2) is 0 Å². The fourth-order valence-electron chi connectivity index (χ4n) is 1.51. The smallest absolute Gasteiger partial charge is 0.0746 e. The predicted molar refractivity (Wildman–Crippen MR) is 90.8 cm³/mol. The van der Waals surface area contributed by atoms with Crippen molar-refractivity contribution in [1.29, 1.82) is 0 Å². The lowest BCUT2D eigenvalue weighted by atomic mass is 9.95. The largest absolute Gasteiger partial charge is 0.143 e. The Bertz CT molecular complexity index is 507. The van der Waals surface area contributed by atoms with Crippen molar-refractivity contribution in [1.82, 2.24) is 0 Å². The zero-order valence-electron chi connectivity index (χ0n) is 9.96. The highest BCUT2D eigenvalue weighted by Crippen LogP contribution is 2.40. The molecule has 0 N–H and O–H groups in total. The van der Waals surface area contributed by atoms with Gasteiger partial charge in [-0.15, -0.1) is 22.7 Å². The topological polar surface area (TPSA) is 0 Å². The first-order valence-electron chi connectivity index (χ1n) is 5.36. The molecule has 0 aromatic carbocycles. The quantitative estimate of drug-likeness (QED) is 0.385. The van der Waals surface area contributed by atoms with E-state index in [4.69, 9.17) is 0 Å². The molecule has 2 aromatic rings. The third kappa shape index (κ3) is 3.33. The van der Waals surface area contributed by atoms with Crippen LogP contribution in [0.3, 0.4) is 0 Å². The maximum atomic E-state index is 3.80. The molecule has 1 atom stereocenters. The molecule has 0 saturated heterocycles. The van der Waals surface area contributed by atoms with Crippen LogP contribution in [0, 0.1) is 2.88 Å². The minimum Gasteiger partial charge on any atom is -0.143 e. The lowest BCUT2D eigenvalue weighted by Gasteiger charge is -2.15. The summed E-state index contributed by atoms with van der Waals surface area (Å²) in [6, 6.07) is 6.75. The van der Waals surface area contributed by atoms with E-state index in [2.05, 4.69) is 82.9 Å². The van der Waals surface area contributed by atoms with E-state index in [1.54, 1.807) is 11.3 Å². The van der Waals surface area contributed by atoms with Crippen LogP contribution in [0.2, 0.25) is 0 Å². The predicted octanol–water partition coefficient (Wildman–Crippen LogP) is 6.20. The van der Waals surface area contributed by atoms with Gasteiger partial charge in [-0.2, -0.15) is 0 Å². The molecular formula is C13H14BrIS2. The van der Waals surface area contributed by atoms with Crippen molar-refractivity contribution in [3.05, 3.63) is 41.8 Å². The van der Waals surface area contributed by atoms with Crippen molar-refractivity contribution in [3.8, 4) is 0 Å². The number of halogens is 2. The summed E-state index contributed by atoms with van der Waals surface area (Å²) < 4.78 is 1.34. The van der Waals surface area contributed by atoms with Gasteiger partial charge in [0.25, 0.3) is 0 Å². The normalized spacial score (nSPS) is 13.9. The SMILES string of the molecule is CC(C)(C)c1ccc(C(Br)c2csc(I)c2)s1. The van der Waals surface area contributed by atoms with Crippen LogP contribution in [0.25, 0.3) is 0 Å². The molecule has 2 heterocycles. The second kappa shape index (κ2) is 5.31. The van der Waals surface area contributed by atoms with Gasteiger partial charge in [0.05, 0.1) is 7.71 Å². The average Bonchev–Trinajstić information content (AvgIpc) is 2.83. The van der Waals surface area contributed by atoms with Crippen LogP contribution in [0.5, 0.6) is 0 Å². The highest BCUT2D eigenvalue weighted by atomic mass is 127. The van der Waals surface area contributed by atoms with Crippen LogP contribution in [-0.2, 0) is 5.41 Å². The first kappa shape index (κ1) is 14.0. The van der Waals surface area contributed by atoms with Gasteiger partial charge in [-0.1, -0.05) is 36.7 Å². The molecule has 0 spiro atoms. The second-order valence-corrected chi connectivity index (χ2v) is 9.84. The average molecular weight is 441 g/mol. The number of thiophene rings is 2. The summed E-state index contributed by atoms with van der Waals surface area (Å²) in [5, 5.41) is 2.23. The Kier molecular flexibility index (Phi) is 4.38. The fraction of sp³-hybridized carbons (Fsp3) is 0.385. The number of hydrogen-bond donors (Lipinski definition) is 0. The monoisotopic (exact) mass is 440 g/mol. The number of rotatable bonds is 2. The van der Waals surface area contributed by atoms with E-state index in [9.17, 15) is 0 Å². The van der Waals surface area contributed by atoms with Crippen LogP contribution < -0.4 is 0 Å². The molecular weight excluding hydrogens is 427 g/mol. The van der Waals surface area contributed by atoms with Crippen molar-refractivity contribution in [3.63, 3.8) is 0 Å². The summed E-state index contributed by atoms with van der Waals surface area (Å²) >= 11 is 9.88. The van der Waals surface area contributed by atoms with E-state index in [1.165, 1.54) is 18.2 Å². The Morgan fingerprint density at radius 3 is 2.47 bits per heavy atom. The van der Waals surface area contributed by atoms with Crippen molar-refractivity contribution in [2.45, 2.75) is 31.0 Å². The Morgan fingerprint density at radius 1 is 1.29 bits per heavy atom. The van der Waals surface area contributed by atoms with Crippen LogP contribution in [0.15, 0.2) is 23.6 Å². The maximum absolute atomic E-state index is 3.80. The van der Waals surface area contributed by atoms with Crippen LogP contribution >= 0.6 is 61.2 Å². The van der Waals surface area contributed by atoms with E-state index in [0.717, 1.165) is 0 Å². The molecule has 0 aliphatic carbocycles. The second-order valence-electron chi connectivity index (χ2n) is 5.00. The minimum absolute atomic E-state index is 0.249. The molecule has 0 saturated carbocycles. The molecule has 92 valence electrons. The molecule has 4 heteroatoms. The van der Waals surface area contributed by atoms with Gasteiger partial charge in [0.2, 0.25) is 0 Å². The highest BCUT2D eigenvalue weighted by molar-refractivity contribution is 14.1. The molecule has 1 unspecified atom stereocenters. The molecule has 0 fully saturated rings. The number of hydrogen-bond acceptors (Lipinski definition) is 2. The Hall–Kier alpha value is 0.610. The van der Waals surface area contributed by atoms with Crippen LogP contribution in [-0.4, -0.2) is 0 Å². The first-order valence-corrected chi connectivity index (χ1v) is 9.05. The molecule has 0 amide bonds. The lowest BCUT2D eigenvalue weighted by Crippen LogP contribution is -2.07. The van der Waals surface area contributed by atoms with Crippen molar-refractivity contribution >= 4 is 61.2 Å². The maximum Gasteiger partial charge on any atom is 0.0746 e. The highest BCUT2D eigenvalue weighted by Gasteiger charge is 2.19. The van der Waals surface area contributed by atoms with Crippen molar-refractivity contribution < 1.29 is 0 Å². The molecule has 2 rings (SSSR count). The minimum atomic E-state index is 0.249. The number of alkyl halides is 1. The molecule has 0 aliphatic heterocycles. The van der Waals surface area contributed by atoms with Gasteiger partial charge in [0, 0.05) is 9.75 Å². The van der Waals surface area contributed by atoms with Gasteiger partial charge in [0.15, 0.2) is 0 Å². The first-order chi connectivity index (χ1) is 7.88. The van der Waals surface area contributed by atoms with E-state index in [-0.39, 0.29) is 5.41 Å². The van der Waals surface area contributed by atoms with E-state index >= 15 is 0 Å². The van der Waals surface area contributed by atoms with Crippen LogP contribution in [0.4, 0.5) is 0 Å². The zero-order valence-corrected chi connectivity index (χ0v) is 15.3. The fourth-order valence-corrected chi connectivity index (χ4v) is 4.85. The third-order valence-electron chi connectivity index (χ3n) is 2.50. The third-order valence-corrected chi connectivity index (χ3v) is 7.20. The molecule has 0 radical (unpaired) electrons. The van der Waals surface area contributed by atoms with Gasteiger partial charge in [-0.05, 0) is 57.1 Å². The van der Waals surface area contributed by atoms with Crippen LogP contribution in [0.1, 0.15) is 40.9 Å². The molecule has 17 heavy (non-hydrogen) atoms. The van der Waals surface area contributed by atoms with Gasteiger partial charge in [0.1, 0.15) is 0 Å². The summed E-state index contributed by atoms with van der Waals surface area (Å²) in [4.78, 5) is 3.18. The Morgan fingerprint density at radius 2 is 2.00 bits per heavy atom. The van der Waals surface area contributed by atoms with E-state index < -0.39 is 0 Å². The molecule has 2 aromatic heterocycles. The van der Waals surface area contributed by atoms with Gasteiger partial charge < -0.3 is 0 Å². The summed E-state index contributed by atoms with van der Waals surface area (Å²) in [5.41, 5.74) is 1.61. The summed E-state index contributed by atoms with van der Waals surface area (Å²) in [6.07, 6.45) is 0. The summed E-state index contributed by atoms with van der Waals surface area (Å²) in [7, 11) is 0. The molecule has 0 bridgehead atoms. The zero-order chi connectivity index (χ0) is 12.6. The van der Waals surface area contributed by atoms with Crippen molar-refractivity contribution in [2.75, 3.05) is 0 Å². The van der Waals surface area contributed by atoms with E-state index in [0.29, 0.717) is 4.83 Å². The standard InChI is InChI=1S/C13H14BrIS2/c1-13(2,3)10-5-4-9(17-10)12(14)8-6-11(15)16-7-8/h4-7,12H,1-3H3. The summed E-state index contributed by atoms with van der Waals surface area (Å²) in [5.74, 6) is 0. The lowest BCUT2D eigenvalue weighted by molar-refractivity contribution is 0.604. The molecule has 0 nitrogen and oxygen atoms in total. The van der Waals surface area contributed by atoms with Gasteiger partial charge in [-0.3, -0.25) is 0 Å². The van der Waals surface area contributed by atoms with Gasteiger partial charge >= 0.3 is 0 Å². The molecule has 0 aliphatic rings. The summed E-state index contributed by atoms with van der Waals surface area (Å²) in [6.45, 7) is 6.79. The Labute approximate surface area is 133 Å².